The summed E-state index contributed by atoms with van der Waals surface area (Å²) in [6.45, 7) is 3.26. The number of halogens is 3. The van der Waals surface area contributed by atoms with Gasteiger partial charge in [0.25, 0.3) is 5.91 Å². The van der Waals surface area contributed by atoms with Crippen molar-refractivity contribution in [3.63, 3.8) is 0 Å². The van der Waals surface area contributed by atoms with Crippen LogP contribution in [0.4, 0.5) is 24.8 Å². The molecule has 0 aliphatic heterocycles. The molecule has 5 aromatic rings. The third-order valence-corrected chi connectivity index (χ3v) is 7.88. The summed E-state index contributed by atoms with van der Waals surface area (Å²) >= 11 is 1.05. The first kappa shape index (κ1) is 35.5. The molecule has 260 valence electrons. The first-order chi connectivity index (χ1) is 23.9. The highest BCUT2D eigenvalue weighted by Crippen LogP contribution is 2.34. The van der Waals surface area contributed by atoms with Crippen LogP contribution >= 0.6 is 11.9 Å². The summed E-state index contributed by atoms with van der Waals surface area (Å²) in [4.78, 5) is 38.6. The molecule has 50 heavy (non-hydrogen) atoms. The van der Waals surface area contributed by atoms with Crippen LogP contribution in [0.2, 0.25) is 0 Å². The van der Waals surface area contributed by atoms with Crippen molar-refractivity contribution < 1.29 is 37.0 Å². The summed E-state index contributed by atoms with van der Waals surface area (Å²) in [5.41, 5.74) is 0.973. The summed E-state index contributed by atoms with van der Waals surface area (Å²) in [7, 11) is 4.34. The quantitative estimate of drug-likeness (QED) is 0.133. The minimum Gasteiger partial charge on any atom is -0.497 e. The molecule has 5 rings (SSSR count). The number of aromatic nitrogens is 5. The molecule has 0 unspecified atom stereocenters. The first-order valence-corrected chi connectivity index (χ1v) is 15.6. The highest BCUT2D eigenvalue weighted by atomic mass is 32.2. The molecule has 3 N–H and O–H groups in total. The van der Waals surface area contributed by atoms with Gasteiger partial charge >= 0.3 is 6.18 Å². The number of benzene rings is 2. The Labute approximate surface area is 288 Å². The topological polar surface area (TPSA) is 154 Å². The van der Waals surface area contributed by atoms with Crippen molar-refractivity contribution in [3.05, 3.63) is 89.5 Å². The average Bonchev–Trinajstić information content (AvgIpc) is 3.51. The minimum absolute atomic E-state index is 0.0138. The molecular formula is C33H31F3N8O5S. The van der Waals surface area contributed by atoms with Gasteiger partial charge in [-0.25, -0.2) is 14.6 Å². The van der Waals surface area contributed by atoms with Gasteiger partial charge in [-0.3, -0.25) is 14.3 Å². The van der Waals surface area contributed by atoms with E-state index < -0.39 is 17.8 Å². The number of anilines is 2. The van der Waals surface area contributed by atoms with Crippen LogP contribution < -0.4 is 29.6 Å². The molecule has 0 atom stereocenters. The van der Waals surface area contributed by atoms with Crippen molar-refractivity contribution in [2.24, 2.45) is 0 Å². The molecule has 3 aromatic heterocycles. The van der Waals surface area contributed by atoms with E-state index in [-0.39, 0.29) is 40.4 Å². The summed E-state index contributed by atoms with van der Waals surface area (Å²) in [6.07, 6.45) is -1.93. The number of pyridine rings is 1. The smallest absolute Gasteiger partial charge is 0.435 e. The number of carbonyl (C=O) groups is 2. The molecule has 17 heteroatoms. The number of aryl methyl sites for hydroxylation is 1. The van der Waals surface area contributed by atoms with Crippen molar-refractivity contribution >= 4 is 35.4 Å². The van der Waals surface area contributed by atoms with Gasteiger partial charge in [-0.05, 0) is 48.7 Å². The Hall–Kier alpha value is -5.84. The van der Waals surface area contributed by atoms with Crippen molar-refractivity contribution in [2.75, 3.05) is 26.6 Å². The van der Waals surface area contributed by atoms with Crippen molar-refractivity contribution in [1.29, 1.82) is 0 Å². The lowest BCUT2D eigenvalue weighted by Crippen LogP contribution is -2.19. The Kier molecular flexibility index (Phi) is 10.7. The van der Waals surface area contributed by atoms with Crippen LogP contribution in [0.1, 0.15) is 34.2 Å². The monoisotopic (exact) mass is 708 g/mol. The lowest BCUT2D eigenvalue weighted by atomic mass is 10.1. The Morgan fingerprint density at radius 3 is 2.22 bits per heavy atom. The molecule has 0 aliphatic carbocycles. The summed E-state index contributed by atoms with van der Waals surface area (Å²) in [5, 5.41) is 9.55. The Balaban J connectivity index is 1.50. The molecule has 0 spiro atoms. The lowest BCUT2D eigenvalue weighted by molar-refractivity contribution is -0.141. The highest BCUT2D eigenvalue weighted by Gasteiger charge is 2.35. The summed E-state index contributed by atoms with van der Waals surface area (Å²) in [5.74, 6) is 0.291. The number of alkyl halides is 3. The molecule has 13 nitrogen and oxygen atoms in total. The zero-order valence-electron chi connectivity index (χ0n) is 27.4. The van der Waals surface area contributed by atoms with E-state index in [0.717, 1.165) is 33.2 Å². The van der Waals surface area contributed by atoms with Gasteiger partial charge in [-0.2, -0.15) is 23.3 Å². The maximum Gasteiger partial charge on any atom is 0.435 e. The van der Waals surface area contributed by atoms with Gasteiger partial charge in [0.2, 0.25) is 17.7 Å². The van der Waals surface area contributed by atoms with Gasteiger partial charge < -0.3 is 24.8 Å². The number of rotatable bonds is 12. The van der Waals surface area contributed by atoms with E-state index in [1.807, 2.05) is 12.1 Å². The Morgan fingerprint density at radius 1 is 0.920 bits per heavy atom. The van der Waals surface area contributed by atoms with Crippen molar-refractivity contribution in [3.8, 4) is 34.3 Å². The third-order valence-electron chi connectivity index (χ3n) is 7.08. The number of ether oxygens (including phenoxy) is 3. The second-order valence-corrected chi connectivity index (χ2v) is 11.5. The molecule has 0 fully saturated rings. The second kappa shape index (κ2) is 15.1. The maximum atomic E-state index is 13.7. The second-order valence-electron chi connectivity index (χ2n) is 10.6. The van der Waals surface area contributed by atoms with E-state index >= 15 is 0 Å². The van der Waals surface area contributed by atoms with E-state index in [1.54, 1.807) is 30.3 Å². The van der Waals surface area contributed by atoms with Crippen LogP contribution in [0.3, 0.4) is 0 Å². The van der Waals surface area contributed by atoms with Gasteiger partial charge in [-0.15, -0.1) is 0 Å². The standard InChI is InChI=1S/C33H31F3N8O5S/c1-18-10-28(33(34,35)36)42-44(18)29-27(17-39-32(41-29)40-22-12-23(47-3)14-24(13-22)48-4)21-11-26(31(49-5)38-16-21)30(46)43-50-25-8-6-20(7-9-25)15-37-19(2)45/h6-14,16-17H,15H2,1-5H3,(H,37,45)(H,43,46)(H,39,40,41). The van der Waals surface area contributed by atoms with Crippen LogP contribution in [0.25, 0.3) is 16.9 Å². The number of nitrogens with one attached hydrogen (secondary N) is 3. The van der Waals surface area contributed by atoms with E-state index in [0.29, 0.717) is 29.3 Å². The summed E-state index contributed by atoms with van der Waals surface area (Å²) in [6, 6.07) is 14.6. The number of carbonyl (C=O) groups excluding carboxylic acids is 2. The Morgan fingerprint density at radius 2 is 1.62 bits per heavy atom. The number of amides is 2. The number of hydrogen-bond acceptors (Lipinski definition) is 11. The highest BCUT2D eigenvalue weighted by molar-refractivity contribution is 7.98. The van der Waals surface area contributed by atoms with Crippen LogP contribution in [-0.4, -0.2) is 57.9 Å². The average molecular weight is 709 g/mol. The van der Waals surface area contributed by atoms with Crippen LogP contribution in [-0.2, 0) is 17.5 Å². The first-order valence-electron chi connectivity index (χ1n) is 14.7. The van der Waals surface area contributed by atoms with E-state index in [2.05, 4.69) is 35.4 Å². The molecule has 0 bridgehead atoms. The van der Waals surface area contributed by atoms with Gasteiger partial charge in [0, 0.05) is 71.5 Å². The van der Waals surface area contributed by atoms with Crippen molar-refractivity contribution in [2.45, 2.75) is 31.5 Å². The SMILES string of the molecule is COc1cc(Nc2ncc(-c3cnc(OC)c(C(=O)NSc4ccc(CNC(C)=O)cc4)c3)c(-n3nc(C(F)(F)F)cc3C)n2)cc(OC)c1. The molecule has 2 amide bonds. The van der Waals surface area contributed by atoms with Crippen molar-refractivity contribution in [1.82, 2.24) is 34.8 Å². The molecule has 0 saturated heterocycles. The van der Waals surface area contributed by atoms with Crippen LogP contribution in [0.15, 0.2) is 71.9 Å². The van der Waals surface area contributed by atoms with E-state index in [9.17, 15) is 22.8 Å². The lowest BCUT2D eigenvalue weighted by Gasteiger charge is -2.15. The summed E-state index contributed by atoms with van der Waals surface area (Å²) < 4.78 is 60.9. The zero-order chi connectivity index (χ0) is 36.0. The Bertz CT molecular complexity index is 2000. The van der Waals surface area contributed by atoms with E-state index in [4.69, 9.17) is 14.2 Å². The molecule has 0 saturated carbocycles. The van der Waals surface area contributed by atoms with Gasteiger partial charge in [0.1, 0.15) is 17.1 Å². The fourth-order valence-corrected chi connectivity index (χ4v) is 5.21. The maximum absolute atomic E-state index is 13.7. The predicted octanol–water partition coefficient (Wildman–Crippen LogP) is 5.89. The van der Waals surface area contributed by atoms with Crippen LogP contribution in [0, 0.1) is 6.92 Å². The number of methoxy groups -OCH3 is 3. The normalized spacial score (nSPS) is 11.1. The fourth-order valence-electron chi connectivity index (χ4n) is 4.62. The van der Waals surface area contributed by atoms with Gasteiger partial charge in [0.15, 0.2) is 11.5 Å². The van der Waals surface area contributed by atoms with Gasteiger partial charge in [-0.1, -0.05) is 12.1 Å². The molecular weight excluding hydrogens is 677 g/mol. The molecule has 2 aromatic carbocycles. The fraction of sp³-hybridized carbons (Fsp3) is 0.212. The zero-order valence-corrected chi connectivity index (χ0v) is 28.2. The minimum atomic E-state index is -4.71. The molecule has 0 radical (unpaired) electrons. The molecule has 0 aliphatic rings. The van der Waals surface area contributed by atoms with E-state index in [1.165, 1.54) is 53.6 Å². The number of hydrogen-bond donors (Lipinski definition) is 3. The third kappa shape index (κ3) is 8.41. The predicted molar refractivity (Wildman–Crippen MR) is 179 cm³/mol. The number of nitrogens with zero attached hydrogens (tertiary/aromatic N) is 5. The molecule has 3 heterocycles. The largest absolute Gasteiger partial charge is 0.497 e. The van der Waals surface area contributed by atoms with Gasteiger partial charge in [0.05, 0.1) is 21.3 Å². The van der Waals surface area contributed by atoms with Crippen LogP contribution in [0.5, 0.6) is 17.4 Å².